The van der Waals surface area contributed by atoms with Crippen LogP contribution in [0.5, 0.6) is 0 Å². The van der Waals surface area contributed by atoms with Crippen molar-refractivity contribution in [2.24, 2.45) is 0 Å². The maximum atomic E-state index is 12.6. The first-order valence-electron chi connectivity index (χ1n) is 21.5. The van der Waals surface area contributed by atoms with Gasteiger partial charge in [0.2, 0.25) is 0 Å². The van der Waals surface area contributed by atoms with Gasteiger partial charge in [0.1, 0.15) is 13.2 Å². The van der Waals surface area contributed by atoms with E-state index in [4.69, 9.17) is 14.2 Å². The molecule has 0 amide bonds. The maximum Gasteiger partial charge on any atom is 0.306 e. The molecule has 49 heavy (non-hydrogen) atoms. The topological polar surface area (TPSA) is 78.9 Å². The van der Waals surface area contributed by atoms with Gasteiger partial charge in [-0.25, -0.2) is 0 Å². The van der Waals surface area contributed by atoms with Crippen molar-refractivity contribution in [3.05, 3.63) is 0 Å². The molecule has 0 saturated carbocycles. The SMILES string of the molecule is CCCCCCCCCCCCCCCC(=O)OC[C@@H](COC(=O)CCCCCCCCCCC)OC(=O)CCCCCCCCCCC. The smallest absolute Gasteiger partial charge is 0.306 e. The van der Waals surface area contributed by atoms with Crippen LogP contribution in [-0.4, -0.2) is 37.2 Å². The third-order valence-electron chi connectivity index (χ3n) is 9.61. The van der Waals surface area contributed by atoms with Crippen molar-refractivity contribution in [2.45, 2.75) is 245 Å². The monoisotopic (exact) mass is 695 g/mol. The van der Waals surface area contributed by atoms with Crippen LogP contribution in [0.1, 0.15) is 239 Å². The molecule has 0 heterocycles. The van der Waals surface area contributed by atoms with Gasteiger partial charge in [0.15, 0.2) is 6.10 Å². The molecule has 1 atom stereocenters. The molecule has 0 radical (unpaired) electrons. The number of ether oxygens (including phenoxy) is 3. The van der Waals surface area contributed by atoms with Crippen molar-refractivity contribution in [2.75, 3.05) is 13.2 Å². The summed E-state index contributed by atoms with van der Waals surface area (Å²) in [6, 6.07) is 0. The van der Waals surface area contributed by atoms with Crippen LogP contribution in [0.3, 0.4) is 0 Å². The van der Waals surface area contributed by atoms with Crippen molar-refractivity contribution >= 4 is 17.9 Å². The standard InChI is InChI=1S/C43H82O6/c1-4-7-10-13-16-19-20-21-22-25-27-30-33-36-42(45)48-39-40(49-43(46)37-34-31-28-24-18-15-12-9-6-3)38-47-41(44)35-32-29-26-23-17-14-11-8-5-2/h40H,4-39H2,1-3H3/t40-/m1/s1. The van der Waals surface area contributed by atoms with E-state index < -0.39 is 6.10 Å². The summed E-state index contributed by atoms with van der Waals surface area (Å²) in [6.45, 7) is 6.60. The first-order chi connectivity index (χ1) is 24.0. The molecule has 0 aromatic carbocycles. The van der Waals surface area contributed by atoms with Crippen molar-refractivity contribution in [3.8, 4) is 0 Å². The second kappa shape index (κ2) is 39.2. The van der Waals surface area contributed by atoms with Gasteiger partial charge in [-0.05, 0) is 19.3 Å². The highest BCUT2D eigenvalue weighted by Gasteiger charge is 2.19. The predicted octanol–water partition coefficient (Wildman–Crippen LogP) is 13.3. The fraction of sp³-hybridized carbons (Fsp3) is 0.930. The molecular weight excluding hydrogens is 612 g/mol. The third-order valence-corrected chi connectivity index (χ3v) is 9.61. The highest BCUT2D eigenvalue weighted by Crippen LogP contribution is 2.15. The molecule has 0 aromatic heterocycles. The van der Waals surface area contributed by atoms with Crippen LogP contribution in [0.25, 0.3) is 0 Å². The molecule has 6 heteroatoms. The zero-order valence-electron chi connectivity index (χ0n) is 33.0. The van der Waals surface area contributed by atoms with Gasteiger partial charge in [0.05, 0.1) is 0 Å². The fourth-order valence-electron chi connectivity index (χ4n) is 6.32. The van der Waals surface area contributed by atoms with E-state index in [1.54, 1.807) is 0 Å². The van der Waals surface area contributed by atoms with Gasteiger partial charge in [-0.1, -0.05) is 201 Å². The lowest BCUT2D eigenvalue weighted by Gasteiger charge is -2.18. The Balaban J connectivity index is 4.29. The summed E-state index contributed by atoms with van der Waals surface area (Å²) in [5.41, 5.74) is 0. The van der Waals surface area contributed by atoms with Crippen LogP contribution >= 0.6 is 0 Å². The summed E-state index contributed by atoms with van der Waals surface area (Å²) >= 11 is 0. The first kappa shape index (κ1) is 47.4. The van der Waals surface area contributed by atoms with E-state index in [0.29, 0.717) is 19.3 Å². The first-order valence-corrected chi connectivity index (χ1v) is 21.5. The predicted molar refractivity (Wildman–Crippen MR) is 206 cm³/mol. The van der Waals surface area contributed by atoms with E-state index in [2.05, 4.69) is 20.8 Å². The lowest BCUT2D eigenvalue weighted by molar-refractivity contribution is -0.167. The number of hydrogen-bond acceptors (Lipinski definition) is 6. The van der Waals surface area contributed by atoms with E-state index in [1.807, 2.05) is 0 Å². The number of carbonyl (C=O) groups is 3. The van der Waals surface area contributed by atoms with Gasteiger partial charge in [-0.15, -0.1) is 0 Å². The highest BCUT2D eigenvalue weighted by molar-refractivity contribution is 5.71. The van der Waals surface area contributed by atoms with Gasteiger partial charge in [-0.2, -0.15) is 0 Å². The molecule has 0 saturated heterocycles. The van der Waals surface area contributed by atoms with Gasteiger partial charge < -0.3 is 14.2 Å². The zero-order valence-corrected chi connectivity index (χ0v) is 33.0. The minimum absolute atomic E-state index is 0.0634. The Labute approximate surface area is 304 Å². The molecule has 0 aliphatic carbocycles. The molecule has 0 N–H and O–H groups in total. The lowest BCUT2D eigenvalue weighted by atomic mass is 10.0. The molecular formula is C43H82O6. The zero-order chi connectivity index (χ0) is 35.9. The Bertz CT molecular complexity index is 723. The number of rotatable bonds is 39. The number of hydrogen-bond donors (Lipinski definition) is 0. The van der Waals surface area contributed by atoms with Crippen LogP contribution in [0.15, 0.2) is 0 Å². The summed E-state index contributed by atoms with van der Waals surface area (Å²) in [7, 11) is 0. The van der Waals surface area contributed by atoms with Crippen molar-refractivity contribution in [3.63, 3.8) is 0 Å². The summed E-state index contributed by atoms with van der Waals surface area (Å²) in [5.74, 6) is -0.860. The normalized spacial score (nSPS) is 11.8. The quantitative estimate of drug-likeness (QED) is 0.0362. The van der Waals surface area contributed by atoms with Gasteiger partial charge >= 0.3 is 17.9 Å². The Kier molecular flexibility index (Phi) is 37.9. The van der Waals surface area contributed by atoms with Crippen LogP contribution in [0, 0.1) is 0 Å². The molecule has 0 spiro atoms. The van der Waals surface area contributed by atoms with Gasteiger partial charge in [0, 0.05) is 19.3 Å². The summed E-state index contributed by atoms with van der Waals surface area (Å²) in [4.78, 5) is 37.5. The van der Waals surface area contributed by atoms with Crippen molar-refractivity contribution in [1.29, 1.82) is 0 Å². The van der Waals surface area contributed by atoms with Crippen molar-refractivity contribution < 1.29 is 28.6 Å². The summed E-state index contributed by atoms with van der Waals surface area (Å²) in [5, 5.41) is 0. The van der Waals surface area contributed by atoms with Crippen LogP contribution < -0.4 is 0 Å². The molecule has 0 aliphatic heterocycles. The molecule has 0 unspecified atom stereocenters. The maximum absolute atomic E-state index is 12.6. The van der Waals surface area contributed by atoms with Crippen molar-refractivity contribution in [1.82, 2.24) is 0 Å². The van der Waals surface area contributed by atoms with Crippen LogP contribution in [0.2, 0.25) is 0 Å². The third kappa shape index (κ3) is 37.5. The second-order valence-corrected chi connectivity index (χ2v) is 14.6. The number of unbranched alkanes of at least 4 members (excludes halogenated alkanes) is 28. The summed E-state index contributed by atoms with van der Waals surface area (Å²) in [6.07, 6.45) is 38.0. The molecule has 0 rings (SSSR count). The fourth-order valence-corrected chi connectivity index (χ4v) is 6.32. The van der Waals surface area contributed by atoms with E-state index in [0.717, 1.165) is 57.8 Å². The molecule has 0 fully saturated rings. The molecule has 0 bridgehead atoms. The lowest BCUT2D eigenvalue weighted by Crippen LogP contribution is -2.30. The Morgan fingerprint density at radius 3 is 0.816 bits per heavy atom. The minimum atomic E-state index is -0.756. The molecule has 0 aliphatic rings. The second-order valence-electron chi connectivity index (χ2n) is 14.6. The Morgan fingerprint density at radius 2 is 0.551 bits per heavy atom. The van der Waals surface area contributed by atoms with Gasteiger partial charge in [-0.3, -0.25) is 14.4 Å². The van der Waals surface area contributed by atoms with Gasteiger partial charge in [0.25, 0.3) is 0 Å². The van der Waals surface area contributed by atoms with Crippen LogP contribution in [0.4, 0.5) is 0 Å². The molecule has 290 valence electrons. The Morgan fingerprint density at radius 1 is 0.327 bits per heavy atom. The van der Waals surface area contributed by atoms with E-state index >= 15 is 0 Å². The average Bonchev–Trinajstić information content (AvgIpc) is 3.10. The Hall–Kier alpha value is -1.59. The largest absolute Gasteiger partial charge is 0.462 e. The molecule has 0 aromatic rings. The highest BCUT2D eigenvalue weighted by atomic mass is 16.6. The number of esters is 3. The van der Waals surface area contributed by atoms with E-state index in [9.17, 15) is 14.4 Å². The van der Waals surface area contributed by atoms with E-state index in [1.165, 1.54) is 141 Å². The molecule has 6 nitrogen and oxygen atoms in total. The van der Waals surface area contributed by atoms with Crippen LogP contribution in [-0.2, 0) is 28.6 Å². The number of carbonyl (C=O) groups excluding carboxylic acids is 3. The average molecular weight is 695 g/mol. The minimum Gasteiger partial charge on any atom is -0.462 e. The van der Waals surface area contributed by atoms with E-state index in [-0.39, 0.29) is 31.1 Å². The summed E-state index contributed by atoms with van der Waals surface area (Å²) < 4.78 is 16.6.